The zero-order valence-corrected chi connectivity index (χ0v) is 10.7. The van der Waals surface area contributed by atoms with Gasteiger partial charge in [0.05, 0.1) is 5.69 Å². The van der Waals surface area contributed by atoms with Crippen molar-refractivity contribution in [3.05, 3.63) is 35.7 Å². The van der Waals surface area contributed by atoms with E-state index in [9.17, 15) is 0 Å². The maximum atomic E-state index is 4.72. The number of nitrogens with zero attached hydrogens (tertiary/aromatic N) is 3. The molecule has 0 saturated heterocycles. The van der Waals surface area contributed by atoms with Crippen LogP contribution in [-0.2, 0) is 18.7 Å². The highest BCUT2D eigenvalue weighted by atomic mass is 32.2. The molecular formula is C13H15N3S. The summed E-state index contributed by atoms with van der Waals surface area (Å²) in [5, 5.41) is 4.72. The van der Waals surface area contributed by atoms with Crippen molar-refractivity contribution in [2.24, 2.45) is 0 Å². The second-order valence-corrected chi connectivity index (χ2v) is 5.21. The van der Waals surface area contributed by atoms with Crippen LogP contribution in [0, 0.1) is 0 Å². The van der Waals surface area contributed by atoms with E-state index in [4.69, 9.17) is 5.10 Å². The van der Waals surface area contributed by atoms with Crippen LogP contribution in [0.1, 0.15) is 18.2 Å². The lowest BCUT2D eigenvalue weighted by Gasteiger charge is -2.13. The molecule has 2 aromatic rings. The zero-order chi connectivity index (χ0) is 11.7. The Kier molecular flexibility index (Phi) is 2.89. The Hall–Kier alpha value is -1.29. The van der Waals surface area contributed by atoms with Gasteiger partial charge in [-0.15, -0.1) is 0 Å². The molecule has 3 nitrogen and oxygen atoms in total. The van der Waals surface area contributed by atoms with Gasteiger partial charge < -0.3 is 0 Å². The topological polar surface area (TPSA) is 30.7 Å². The van der Waals surface area contributed by atoms with E-state index in [2.05, 4.69) is 16.6 Å². The van der Waals surface area contributed by atoms with E-state index >= 15 is 0 Å². The van der Waals surface area contributed by atoms with Gasteiger partial charge in [0.1, 0.15) is 5.69 Å². The van der Waals surface area contributed by atoms with Crippen molar-refractivity contribution < 1.29 is 0 Å². The molecule has 0 aliphatic carbocycles. The minimum atomic E-state index is 0.944. The van der Waals surface area contributed by atoms with Gasteiger partial charge in [0.15, 0.2) is 0 Å². The van der Waals surface area contributed by atoms with E-state index in [-0.39, 0.29) is 0 Å². The standard InChI is InChI=1S/C13H15N3S/c1-2-16-12-6-8-17-9-10(12)13(15-16)11-5-3-4-7-14-11/h3-5,7H,2,6,8-9H2,1H3. The molecule has 88 valence electrons. The highest BCUT2D eigenvalue weighted by Gasteiger charge is 2.21. The molecule has 0 bridgehead atoms. The first-order chi connectivity index (χ1) is 8.40. The fourth-order valence-corrected chi connectivity index (χ4v) is 3.27. The molecule has 17 heavy (non-hydrogen) atoms. The lowest BCUT2D eigenvalue weighted by molar-refractivity contribution is 0.626. The second-order valence-electron chi connectivity index (χ2n) is 4.11. The second kappa shape index (κ2) is 4.53. The van der Waals surface area contributed by atoms with Gasteiger partial charge in [0.2, 0.25) is 0 Å². The van der Waals surface area contributed by atoms with Crippen LogP contribution >= 0.6 is 11.8 Å². The highest BCUT2D eigenvalue weighted by Crippen LogP contribution is 2.32. The summed E-state index contributed by atoms with van der Waals surface area (Å²) in [5.74, 6) is 2.28. The first kappa shape index (κ1) is 10.8. The summed E-state index contributed by atoms with van der Waals surface area (Å²) in [6, 6.07) is 6.01. The van der Waals surface area contributed by atoms with E-state index in [0.29, 0.717) is 0 Å². The third kappa shape index (κ3) is 1.86. The molecule has 0 amide bonds. The predicted molar refractivity (Wildman–Crippen MR) is 71.0 cm³/mol. The number of hydrogen-bond donors (Lipinski definition) is 0. The first-order valence-electron chi connectivity index (χ1n) is 5.98. The van der Waals surface area contributed by atoms with E-state index < -0.39 is 0 Å². The number of rotatable bonds is 2. The Morgan fingerprint density at radius 1 is 1.41 bits per heavy atom. The van der Waals surface area contributed by atoms with E-state index in [1.807, 2.05) is 36.2 Å². The minimum absolute atomic E-state index is 0.944. The van der Waals surface area contributed by atoms with Crippen molar-refractivity contribution in [3.63, 3.8) is 0 Å². The van der Waals surface area contributed by atoms with Crippen LogP contribution in [0.2, 0.25) is 0 Å². The van der Waals surface area contributed by atoms with Crippen molar-refractivity contribution >= 4 is 11.8 Å². The Morgan fingerprint density at radius 2 is 2.35 bits per heavy atom. The van der Waals surface area contributed by atoms with Crippen LogP contribution in [0.3, 0.4) is 0 Å². The largest absolute Gasteiger partial charge is 0.269 e. The van der Waals surface area contributed by atoms with E-state index in [0.717, 1.165) is 30.1 Å². The van der Waals surface area contributed by atoms with Gasteiger partial charge in [-0.3, -0.25) is 9.67 Å². The number of hydrogen-bond acceptors (Lipinski definition) is 3. The van der Waals surface area contributed by atoms with Gasteiger partial charge >= 0.3 is 0 Å². The number of fused-ring (bicyclic) bond motifs is 1. The zero-order valence-electron chi connectivity index (χ0n) is 9.89. The maximum absolute atomic E-state index is 4.72. The molecular weight excluding hydrogens is 230 g/mol. The van der Waals surface area contributed by atoms with Gasteiger partial charge in [-0.1, -0.05) is 6.07 Å². The third-order valence-corrected chi connectivity index (χ3v) is 4.09. The number of aryl methyl sites for hydroxylation is 1. The van der Waals surface area contributed by atoms with Gasteiger partial charge in [-0.2, -0.15) is 16.9 Å². The Morgan fingerprint density at radius 3 is 3.12 bits per heavy atom. The molecule has 1 aliphatic heterocycles. The van der Waals surface area contributed by atoms with E-state index in [1.54, 1.807) is 0 Å². The van der Waals surface area contributed by atoms with Crippen LogP contribution in [0.4, 0.5) is 0 Å². The number of aromatic nitrogens is 3. The van der Waals surface area contributed by atoms with Crippen LogP contribution in [0.15, 0.2) is 24.4 Å². The molecule has 4 heteroatoms. The van der Waals surface area contributed by atoms with Crippen LogP contribution in [0.5, 0.6) is 0 Å². The Balaban J connectivity index is 2.14. The summed E-state index contributed by atoms with van der Waals surface area (Å²) in [6.45, 7) is 3.09. The molecule has 0 N–H and O–H groups in total. The molecule has 0 fully saturated rings. The van der Waals surface area contributed by atoms with Crippen molar-refractivity contribution in [1.82, 2.24) is 14.8 Å². The summed E-state index contributed by atoms with van der Waals surface area (Å²) in [5.41, 5.74) is 4.88. The van der Waals surface area contributed by atoms with Crippen LogP contribution < -0.4 is 0 Å². The van der Waals surface area contributed by atoms with E-state index in [1.165, 1.54) is 17.0 Å². The number of thioether (sulfide) groups is 1. The molecule has 3 rings (SSSR count). The van der Waals surface area contributed by atoms with Gasteiger partial charge in [-0.25, -0.2) is 0 Å². The lowest BCUT2D eigenvalue weighted by atomic mass is 10.1. The SMILES string of the molecule is CCn1nc(-c2ccccn2)c2c1CCSC2. The molecule has 2 aromatic heterocycles. The summed E-state index contributed by atoms with van der Waals surface area (Å²) >= 11 is 1.99. The maximum Gasteiger partial charge on any atom is 0.115 e. The van der Waals surface area contributed by atoms with Crippen molar-refractivity contribution in [2.75, 3.05) is 5.75 Å². The third-order valence-electron chi connectivity index (χ3n) is 3.10. The molecule has 0 saturated carbocycles. The monoisotopic (exact) mass is 245 g/mol. The lowest BCUT2D eigenvalue weighted by Crippen LogP contribution is -2.08. The summed E-state index contributed by atoms with van der Waals surface area (Å²) < 4.78 is 2.14. The normalized spacial score (nSPS) is 14.6. The Labute approximate surface area is 105 Å². The highest BCUT2D eigenvalue weighted by molar-refractivity contribution is 7.98. The smallest absolute Gasteiger partial charge is 0.115 e. The quantitative estimate of drug-likeness (QED) is 0.815. The average molecular weight is 245 g/mol. The van der Waals surface area contributed by atoms with Gasteiger partial charge in [-0.05, 0) is 31.2 Å². The van der Waals surface area contributed by atoms with Crippen molar-refractivity contribution in [3.8, 4) is 11.4 Å². The fraction of sp³-hybridized carbons (Fsp3) is 0.385. The van der Waals surface area contributed by atoms with Crippen LogP contribution in [0.25, 0.3) is 11.4 Å². The fourth-order valence-electron chi connectivity index (χ4n) is 2.28. The van der Waals surface area contributed by atoms with Crippen molar-refractivity contribution in [1.29, 1.82) is 0 Å². The van der Waals surface area contributed by atoms with Crippen molar-refractivity contribution in [2.45, 2.75) is 25.6 Å². The molecule has 1 aliphatic rings. The summed E-state index contributed by atoms with van der Waals surface area (Å²) in [4.78, 5) is 4.42. The first-order valence-corrected chi connectivity index (χ1v) is 7.13. The molecule has 0 atom stereocenters. The molecule has 0 radical (unpaired) electrons. The molecule has 0 spiro atoms. The molecule has 3 heterocycles. The predicted octanol–water partition coefficient (Wildman–Crippen LogP) is 2.75. The number of pyridine rings is 1. The van der Waals surface area contributed by atoms with Gasteiger partial charge in [0.25, 0.3) is 0 Å². The summed E-state index contributed by atoms with van der Waals surface area (Å²) in [7, 11) is 0. The Bertz CT molecular complexity index is 519. The molecule has 0 unspecified atom stereocenters. The van der Waals surface area contributed by atoms with Gasteiger partial charge in [0, 0.05) is 29.8 Å². The average Bonchev–Trinajstić information content (AvgIpc) is 2.78. The minimum Gasteiger partial charge on any atom is -0.269 e. The summed E-state index contributed by atoms with van der Waals surface area (Å²) in [6.07, 6.45) is 2.97. The molecule has 0 aromatic carbocycles. The van der Waals surface area contributed by atoms with Crippen LogP contribution in [-0.4, -0.2) is 20.5 Å².